The van der Waals surface area contributed by atoms with Gasteiger partial charge in [-0.3, -0.25) is 4.79 Å². The standard InChI is InChI=1S/C16H14F3NO2/c1-22-13-5-3-2-4-10(13)6-9-14(21)20-12-8-7-11(17)15(18)16(12)19/h2-5,7-8H,6,9H2,1H3,(H,20,21). The molecule has 1 N–H and O–H groups in total. The quantitative estimate of drug-likeness (QED) is 0.856. The van der Waals surface area contributed by atoms with Gasteiger partial charge in [0.1, 0.15) is 5.75 Å². The highest BCUT2D eigenvalue weighted by atomic mass is 19.2. The van der Waals surface area contributed by atoms with E-state index in [0.717, 1.165) is 17.7 Å². The zero-order chi connectivity index (χ0) is 16.1. The van der Waals surface area contributed by atoms with Crippen molar-refractivity contribution in [3.8, 4) is 5.75 Å². The van der Waals surface area contributed by atoms with Gasteiger partial charge in [-0.2, -0.15) is 0 Å². The molecule has 0 radical (unpaired) electrons. The predicted octanol–water partition coefficient (Wildman–Crippen LogP) is 3.68. The number of hydrogen-bond acceptors (Lipinski definition) is 2. The molecule has 0 fully saturated rings. The molecule has 6 heteroatoms. The van der Waals surface area contributed by atoms with Crippen molar-refractivity contribution in [2.75, 3.05) is 12.4 Å². The molecular weight excluding hydrogens is 295 g/mol. The third kappa shape index (κ3) is 3.58. The van der Waals surface area contributed by atoms with Crippen LogP contribution in [0.15, 0.2) is 36.4 Å². The second-order valence-electron chi connectivity index (χ2n) is 4.58. The van der Waals surface area contributed by atoms with Gasteiger partial charge in [-0.05, 0) is 30.2 Å². The lowest BCUT2D eigenvalue weighted by molar-refractivity contribution is -0.116. The van der Waals surface area contributed by atoms with Crippen LogP contribution in [0.4, 0.5) is 18.9 Å². The van der Waals surface area contributed by atoms with Crippen LogP contribution in [0.1, 0.15) is 12.0 Å². The molecule has 0 aliphatic heterocycles. The summed E-state index contributed by atoms with van der Waals surface area (Å²) in [5.41, 5.74) is 0.440. The number of amides is 1. The molecule has 3 nitrogen and oxygen atoms in total. The van der Waals surface area contributed by atoms with Gasteiger partial charge in [0.05, 0.1) is 12.8 Å². The topological polar surface area (TPSA) is 38.3 Å². The first kappa shape index (κ1) is 15.9. The van der Waals surface area contributed by atoms with E-state index in [-0.39, 0.29) is 12.1 Å². The SMILES string of the molecule is COc1ccccc1CCC(=O)Nc1ccc(F)c(F)c1F. The molecular formula is C16H14F3NO2. The Bertz CT molecular complexity index is 689. The van der Waals surface area contributed by atoms with Crippen LogP contribution in [-0.4, -0.2) is 13.0 Å². The Hall–Kier alpha value is -2.50. The molecule has 0 heterocycles. The van der Waals surface area contributed by atoms with Crippen LogP contribution in [0.2, 0.25) is 0 Å². The van der Waals surface area contributed by atoms with E-state index >= 15 is 0 Å². The molecule has 2 rings (SSSR count). The summed E-state index contributed by atoms with van der Waals surface area (Å²) in [4.78, 5) is 11.8. The van der Waals surface area contributed by atoms with Crippen molar-refractivity contribution in [1.82, 2.24) is 0 Å². The van der Waals surface area contributed by atoms with Crippen molar-refractivity contribution in [3.05, 3.63) is 59.4 Å². The minimum atomic E-state index is -1.61. The molecule has 0 aliphatic rings. The first-order valence-corrected chi connectivity index (χ1v) is 6.58. The largest absolute Gasteiger partial charge is 0.496 e. The van der Waals surface area contributed by atoms with Crippen molar-refractivity contribution in [1.29, 1.82) is 0 Å². The van der Waals surface area contributed by atoms with Crippen molar-refractivity contribution in [2.24, 2.45) is 0 Å². The number of carbonyl (C=O) groups excluding carboxylic acids is 1. The molecule has 0 bridgehead atoms. The van der Waals surface area contributed by atoms with Crippen LogP contribution in [0.5, 0.6) is 5.75 Å². The molecule has 0 saturated carbocycles. The zero-order valence-corrected chi connectivity index (χ0v) is 11.8. The summed E-state index contributed by atoms with van der Waals surface area (Å²) >= 11 is 0. The Balaban J connectivity index is 2.01. The summed E-state index contributed by atoms with van der Waals surface area (Å²) in [6.45, 7) is 0. The average Bonchev–Trinajstić information content (AvgIpc) is 2.53. The summed E-state index contributed by atoms with van der Waals surface area (Å²) in [5, 5.41) is 2.22. The molecule has 116 valence electrons. The maximum absolute atomic E-state index is 13.5. The fraction of sp³-hybridized carbons (Fsp3) is 0.188. The summed E-state index contributed by atoms with van der Waals surface area (Å²) < 4.78 is 44.5. The molecule has 2 aromatic rings. The number of para-hydroxylation sites is 1. The molecule has 1 amide bonds. The molecule has 0 spiro atoms. The van der Waals surface area contributed by atoms with Gasteiger partial charge in [0.2, 0.25) is 5.91 Å². The summed E-state index contributed by atoms with van der Waals surface area (Å²) in [5.74, 6) is -4.18. The number of methoxy groups -OCH3 is 1. The van der Waals surface area contributed by atoms with Gasteiger partial charge in [-0.15, -0.1) is 0 Å². The lowest BCUT2D eigenvalue weighted by atomic mass is 10.1. The van der Waals surface area contributed by atoms with Crippen LogP contribution in [0, 0.1) is 17.5 Å². The van der Waals surface area contributed by atoms with Gasteiger partial charge < -0.3 is 10.1 Å². The van der Waals surface area contributed by atoms with Crippen LogP contribution in [0.3, 0.4) is 0 Å². The second-order valence-corrected chi connectivity index (χ2v) is 4.58. The second kappa shape index (κ2) is 6.98. The molecule has 0 atom stereocenters. The third-order valence-electron chi connectivity index (χ3n) is 3.12. The van der Waals surface area contributed by atoms with E-state index in [2.05, 4.69) is 5.32 Å². The molecule has 0 aliphatic carbocycles. The van der Waals surface area contributed by atoms with Crippen molar-refractivity contribution < 1.29 is 22.7 Å². The van der Waals surface area contributed by atoms with Gasteiger partial charge >= 0.3 is 0 Å². The third-order valence-corrected chi connectivity index (χ3v) is 3.12. The van der Waals surface area contributed by atoms with E-state index < -0.39 is 23.4 Å². The van der Waals surface area contributed by atoms with Gasteiger partial charge in [0.15, 0.2) is 17.5 Å². The molecule has 0 saturated heterocycles. The molecule has 2 aromatic carbocycles. The van der Waals surface area contributed by atoms with Gasteiger partial charge in [0, 0.05) is 6.42 Å². The van der Waals surface area contributed by atoms with E-state index in [0.29, 0.717) is 12.2 Å². The Morgan fingerprint density at radius 3 is 2.55 bits per heavy atom. The smallest absolute Gasteiger partial charge is 0.224 e. The van der Waals surface area contributed by atoms with Crippen molar-refractivity contribution in [2.45, 2.75) is 12.8 Å². The summed E-state index contributed by atoms with van der Waals surface area (Å²) in [6, 6.07) is 8.93. The highest BCUT2D eigenvalue weighted by Crippen LogP contribution is 2.21. The minimum Gasteiger partial charge on any atom is -0.496 e. The molecule has 0 unspecified atom stereocenters. The Kier molecular flexibility index (Phi) is 5.04. The monoisotopic (exact) mass is 309 g/mol. The van der Waals surface area contributed by atoms with Crippen LogP contribution < -0.4 is 10.1 Å². The van der Waals surface area contributed by atoms with Gasteiger partial charge in [-0.25, -0.2) is 13.2 Å². The summed E-state index contributed by atoms with van der Waals surface area (Å²) in [6.07, 6.45) is 0.431. The Morgan fingerprint density at radius 2 is 1.82 bits per heavy atom. The van der Waals surface area contributed by atoms with Crippen molar-refractivity contribution in [3.63, 3.8) is 0 Å². The lowest BCUT2D eigenvalue weighted by Gasteiger charge is -2.09. The molecule has 22 heavy (non-hydrogen) atoms. The van der Waals surface area contributed by atoms with Crippen LogP contribution in [-0.2, 0) is 11.2 Å². The first-order chi connectivity index (χ1) is 10.5. The van der Waals surface area contributed by atoms with E-state index in [1.54, 1.807) is 12.1 Å². The number of halogens is 3. The van der Waals surface area contributed by atoms with E-state index in [9.17, 15) is 18.0 Å². The van der Waals surface area contributed by atoms with E-state index in [1.165, 1.54) is 7.11 Å². The van der Waals surface area contributed by atoms with Crippen LogP contribution >= 0.6 is 0 Å². The zero-order valence-electron chi connectivity index (χ0n) is 11.8. The minimum absolute atomic E-state index is 0.0544. The number of aryl methyl sites for hydroxylation is 1. The maximum Gasteiger partial charge on any atom is 0.224 e. The van der Waals surface area contributed by atoms with E-state index in [4.69, 9.17) is 4.74 Å². The number of rotatable bonds is 5. The molecule has 0 aromatic heterocycles. The first-order valence-electron chi connectivity index (χ1n) is 6.58. The van der Waals surface area contributed by atoms with E-state index in [1.807, 2.05) is 12.1 Å². The highest BCUT2D eigenvalue weighted by Gasteiger charge is 2.15. The van der Waals surface area contributed by atoms with Gasteiger partial charge in [0.25, 0.3) is 0 Å². The van der Waals surface area contributed by atoms with Crippen molar-refractivity contribution >= 4 is 11.6 Å². The van der Waals surface area contributed by atoms with Gasteiger partial charge in [-0.1, -0.05) is 18.2 Å². The maximum atomic E-state index is 13.5. The number of nitrogens with one attached hydrogen (secondary N) is 1. The Morgan fingerprint density at radius 1 is 1.09 bits per heavy atom. The number of anilines is 1. The Labute approximate surface area is 125 Å². The number of hydrogen-bond donors (Lipinski definition) is 1. The summed E-state index contributed by atoms with van der Waals surface area (Å²) in [7, 11) is 1.52. The van der Waals surface area contributed by atoms with Crippen LogP contribution in [0.25, 0.3) is 0 Å². The number of ether oxygens (including phenoxy) is 1. The lowest BCUT2D eigenvalue weighted by Crippen LogP contribution is -2.14. The fourth-order valence-electron chi connectivity index (χ4n) is 1.99. The normalized spacial score (nSPS) is 10.4. The number of carbonyl (C=O) groups is 1. The average molecular weight is 309 g/mol. The number of benzene rings is 2. The predicted molar refractivity (Wildman–Crippen MR) is 76.3 cm³/mol. The fourth-order valence-corrected chi connectivity index (χ4v) is 1.99. The highest BCUT2D eigenvalue weighted by molar-refractivity contribution is 5.91.